The van der Waals surface area contributed by atoms with E-state index in [0.29, 0.717) is 4.99 Å². The van der Waals surface area contributed by atoms with Crippen molar-refractivity contribution in [3.8, 4) is 0 Å². The van der Waals surface area contributed by atoms with Crippen molar-refractivity contribution in [3.63, 3.8) is 0 Å². The summed E-state index contributed by atoms with van der Waals surface area (Å²) >= 11 is 4.77. The quantitative estimate of drug-likeness (QED) is 0.638. The molecule has 4 heteroatoms. The van der Waals surface area contributed by atoms with Crippen LogP contribution in [-0.2, 0) is 0 Å². The van der Waals surface area contributed by atoms with Crippen LogP contribution >= 0.6 is 24.6 Å². The van der Waals surface area contributed by atoms with E-state index in [1.165, 1.54) is 25.9 Å². The molecule has 0 aromatic carbocycles. The lowest BCUT2D eigenvalue weighted by atomic mass is 10.4. The van der Waals surface area contributed by atoms with Crippen molar-refractivity contribution in [2.75, 3.05) is 19.6 Å². The summed E-state index contributed by atoms with van der Waals surface area (Å²) in [5.41, 5.74) is 5.36. The molecule has 1 aliphatic rings. The Kier molecular flexibility index (Phi) is 4.95. The maximum Gasteiger partial charge on any atom is 0.0870 e. The number of thiocarbonyl (C=S) groups is 1. The summed E-state index contributed by atoms with van der Waals surface area (Å²) in [6, 6.07) is 0. The lowest BCUT2D eigenvalue weighted by Crippen LogP contribution is -2.29. The molecular weight excluding hydrogens is 168 g/mol. The van der Waals surface area contributed by atoms with Crippen molar-refractivity contribution in [1.82, 2.24) is 4.90 Å². The van der Waals surface area contributed by atoms with Gasteiger partial charge in [-0.1, -0.05) is 12.2 Å². The summed E-state index contributed by atoms with van der Waals surface area (Å²) in [5.74, 6) is 0. The molecule has 0 amide bonds. The maximum absolute atomic E-state index is 5.36. The minimum absolute atomic E-state index is 0. The summed E-state index contributed by atoms with van der Waals surface area (Å²) in [7, 11) is 0. The van der Waals surface area contributed by atoms with Crippen molar-refractivity contribution in [2.45, 2.75) is 12.8 Å². The molecule has 10 heavy (non-hydrogen) atoms. The monoisotopic (exact) mass is 180 g/mol. The van der Waals surface area contributed by atoms with E-state index in [1.54, 1.807) is 0 Å². The average Bonchev–Trinajstić information content (AvgIpc) is 2.15. The second-order valence-electron chi connectivity index (χ2n) is 2.45. The van der Waals surface area contributed by atoms with Gasteiger partial charge in [0.15, 0.2) is 0 Å². The molecule has 0 saturated carbocycles. The average molecular weight is 181 g/mol. The zero-order valence-electron chi connectivity index (χ0n) is 5.88. The third kappa shape index (κ3) is 3.34. The van der Waals surface area contributed by atoms with E-state index in [4.69, 9.17) is 18.0 Å². The largest absolute Gasteiger partial charge is 0.392 e. The molecular formula is C6H13ClN2S. The highest BCUT2D eigenvalue weighted by molar-refractivity contribution is 7.80. The Morgan fingerprint density at radius 3 is 2.30 bits per heavy atom. The molecule has 1 saturated heterocycles. The summed E-state index contributed by atoms with van der Waals surface area (Å²) in [6.07, 6.45) is 2.62. The predicted octanol–water partition coefficient (Wildman–Crippen LogP) is 0.790. The summed E-state index contributed by atoms with van der Waals surface area (Å²) in [4.78, 5) is 2.92. The van der Waals surface area contributed by atoms with Crippen LogP contribution < -0.4 is 5.73 Å². The summed E-state index contributed by atoms with van der Waals surface area (Å²) in [5, 5.41) is 0. The smallest absolute Gasteiger partial charge is 0.0870 e. The molecule has 60 valence electrons. The van der Waals surface area contributed by atoms with Gasteiger partial charge in [0.2, 0.25) is 0 Å². The number of hydrogen-bond acceptors (Lipinski definition) is 2. The van der Waals surface area contributed by atoms with Crippen molar-refractivity contribution in [3.05, 3.63) is 0 Å². The Labute approximate surface area is 73.2 Å². The van der Waals surface area contributed by atoms with E-state index in [9.17, 15) is 0 Å². The Balaban J connectivity index is 0.000000810. The molecule has 1 rings (SSSR count). The molecule has 2 nitrogen and oxygen atoms in total. The Bertz CT molecular complexity index is 112. The fourth-order valence-corrected chi connectivity index (χ4v) is 1.34. The van der Waals surface area contributed by atoms with Crippen molar-refractivity contribution >= 4 is 29.6 Å². The van der Waals surface area contributed by atoms with Gasteiger partial charge in [0, 0.05) is 6.54 Å². The van der Waals surface area contributed by atoms with Crippen molar-refractivity contribution < 1.29 is 0 Å². The first kappa shape index (κ1) is 10.1. The van der Waals surface area contributed by atoms with E-state index < -0.39 is 0 Å². The van der Waals surface area contributed by atoms with Gasteiger partial charge in [-0.15, -0.1) is 12.4 Å². The predicted molar refractivity (Wildman–Crippen MR) is 49.7 cm³/mol. The fourth-order valence-electron chi connectivity index (χ4n) is 1.16. The standard InChI is InChI=1S/C6H12N2S.ClH/c7-6(9)5-8-3-1-2-4-8;/h1-5H2,(H2,7,9);1H. The van der Waals surface area contributed by atoms with Gasteiger partial charge in [-0.05, 0) is 25.9 Å². The van der Waals surface area contributed by atoms with Gasteiger partial charge in [0.1, 0.15) is 0 Å². The van der Waals surface area contributed by atoms with E-state index in [-0.39, 0.29) is 12.4 Å². The van der Waals surface area contributed by atoms with Gasteiger partial charge >= 0.3 is 0 Å². The molecule has 0 bridgehead atoms. The Morgan fingerprint density at radius 2 is 1.90 bits per heavy atom. The maximum atomic E-state index is 5.36. The molecule has 0 spiro atoms. The molecule has 0 aliphatic carbocycles. The van der Waals surface area contributed by atoms with Crippen LogP contribution in [0.5, 0.6) is 0 Å². The molecule has 0 atom stereocenters. The number of rotatable bonds is 2. The van der Waals surface area contributed by atoms with Crippen LogP contribution in [0.4, 0.5) is 0 Å². The molecule has 2 N–H and O–H groups in total. The van der Waals surface area contributed by atoms with Crippen LogP contribution in [0, 0.1) is 0 Å². The van der Waals surface area contributed by atoms with Crippen LogP contribution in [0.1, 0.15) is 12.8 Å². The number of likely N-dealkylation sites (tertiary alicyclic amines) is 1. The minimum atomic E-state index is 0. The molecule has 0 aromatic heterocycles. The van der Waals surface area contributed by atoms with Crippen LogP contribution in [0.25, 0.3) is 0 Å². The fraction of sp³-hybridized carbons (Fsp3) is 0.833. The van der Waals surface area contributed by atoms with Gasteiger partial charge < -0.3 is 5.73 Å². The molecule has 1 aliphatic heterocycles. The molecule has 0 unspecified atom stereocenters. The summed E-state index contributed by atoms with van der Waals surface area (Å²) < 4.78 is 0. The summed E-state index contributed by atoms with van der Waals surface area (Å²) in [6.45, 7) is 3.17. The van der Waals surface area contributed by atoms with E-state index >= 15 is 0 Å². The second-order valence-corrected chi connectivity index (χ2v) is 2.97. The van der Waals surface area contributed by atoms with Crippen LogP contribution in [0.15, 0.2) is 0 Å². The van der Waals surface area contributed by atoms with Gasteiger partial charge in [0.25, 0.3) is 0 Å². The third-order valence-corrected chi connectivity index (χ3v) is 1.71. The topological polar surface area (TPSA) is 29.3 Å². The van der Waals surface area contributed by atoms with E-state index in [1.807, 2.05) is 0 Å². The third-order valence-electron chi connectivity index (χ3n) is 1.58. The van der Waals surface area contributed by atoms with Gasteiger partial charge in [0.05, 0.1) is 4.99 Å². The SMILES string of the molecule is Cl.NC(=S)CN1CCCC1. The molecule has 0 aromatic rings. The van der Waals surface area contributed by atoms with Crippen LogP contribution in [0.3, 0.4) is 0 Å². The highest BCUT2D eigenvalue weighted by atomic mass is 35.5. The first-order valence-corrected chi connectivity index (χ1v) is 3.70. The Morgan fingerprint density at radius 1 is 1.40 bits per heavy atom. The van der Waals surface area contributed by atoms with Crippen molar-refractivity contribution in [1.29, 1.82) is 0 Å². The van der Waals surface area contributed by atoms with E-state index in [0.717, 1.165) is 6.54 Å². The normalized spacial score (nSPS) is 18.4. The lowest BCUT2D eigenvalue weighted by Gasteiger charge is -2.11. The zero-order chi connectivity index (χ0) is 6.69. The van der Waals surface area contributed by atoms with E-state index in [2.05, 4.69) is 4.90 Å². The van der Waals surface area contributed by atoms with Gasteiger partial charge in [-0.25, -0.2) is 0 Å². The number of nitrogens with zero attached hydrogens (tertiary/aromatic N) is 1. The number of hydrogen-bond donors (Lipinski definition) is 1. The minimum Gasteiger partial charge on any atom is -0.392 e. The highest BCUT2D eigenvalue weighted by Crippen LogP contribution is 2.05. The lowest BCUT2D eigenvalue weighted by molar-refractivity contribution is 0.389. The van der Waals surface area contributed by atoms with Gasteiger partial charge in [-0.3, -0.25) is 4.90 Å². The molecule has 0 radical (unpaired) electrons. The Hall–Kier alpha value is 0.140. The number of nitrogens with two attached hydrogens (primary N) is 1. The molecule has 1 fully saturated rings. The van der Waals surface area contributed by atoms with Crippen LogP contribution in [-0.4, -0.2) is 29.5 Å². The number of halogens is 1. The first-order valence-electron chi connectivity index (χ1n) is 3.30. The highest BCUT2D eigenvalue weighted by Gasteiger charge is 2.10. The van der Waals surface area contributed by atoms with Crippen molar-refractivity contribution in [2.24, 2.45) is 5.73 Å². The second kappa shape index (κ2) is 4.88. The van der Waals surface area contributed by atoms with Crippen LogP contribution in [0.2, 0.25) is 0 Å². The first-order chi connectivity index (χ1) is 4.29. The van der Waals surface area contributed by atoms with Gasteiger partial charge in [-0.2, -0.15) is 0 Å². The zero-order valence-corrected chi connectivity index (χ0v) is 7.51. The molecule has 1 heterocycles.